The van der Waals surface area contributed by atoms with E-state index in [2.05, 4.69) is 21.7 Å². The van der Waals surface area contributed by atoms with Gasteiger partial charge in [-0.2, -0.15) is 10.2 Å². The number of furan rings is 2. The SMILES string of the molecule is N#Cc1nc(-c2ccco2)oc1N1CCC(C(=O)Nc2ccc(NC(=O)c3ccco3)cc2)CC1. The molecule has 1 aliphatic heterocycles. The van der Waals surface area contributed by atoms with Gasteiger partial charge in [0.05, 0.1) is 12.5 Å². The number of amides is 2. The van der Waals surface area contributed by atoms with Crippen LogP contribution in [-0.4, -0.2) is 29.9 Å². The van der Waals surface area contributed by atoms with Gasteiger partial charge in [0.1, 0.15) is 6.07 Å². The second-order valence-electron chi connectivity index (χ2n) is 8.02. The predicted octanol–water partition coefficient (Wildman–Crippen LogP) is 4.51. The molecule has 4 heterocycles. The Kier molecular flexibility index (Phi) is 6.05. The average Bonchev–Trinajstić information content (AvgIpc) is 3.67. The summed E-state index contributed by atoms with van der Waals surface area (Å²) >= 11 is 0. The Labute approximate surface area is 200 Å². The first-order chi connectivity index (χ1) is 17.1. The topological polar surface area (TPSA) is 138 Å². The zero-order valence-electron chi connectivity index (χ0n) is 18.6. The van der Waals surface area contributed by atoms with Crippen molar-refractivity contribution in [3.05, 3.63) is 72.5 Å². The number of rotatable bonds is 6. The number of anilines is 3. The van der Waals surface area contributed by atoms with Gasteiger partial charge in [0, 0.05) is 30.4 Å². The first-order valence-corrected chi connectivity index (χ1v) is 11.1. The molecule has 1 aliphatic rings. The van der Waals surface area contributed by atoms with E-state index >= 15 is 0 Å². The Balaban J connectivity index is 1.16. The quantitative estimate of drug-likeness (QED) is 0.419. The molecule has 10 nitrogen and oxygen atoms in total. The van der Waals surface area contributed by atoms with Crippen molar-refractivity contribution in [2.45, 2.75) is 12.8 Å². The number of hydrogen-bond donors (Lipinski definition) is 2. The average molecular weight is 471 g/mol. The molecule has 1 fully saturated rings. The van der Waals surface area contributed by atoms with Crippen molar-refractivity contribution in [1.29, 1.82) is 5.26 Å². The number of nitrogens with one attached hydrogen (secondary N) is 2. The zero-order chi connectivity index (χ0) is 24.2. The van der Waals surface area contributed by atoms with Gasteiger partial charge in [-0.3, -0.25) is 9.59 Å². The number of piperidine rings is 1. The van der Waals surface area contributed by atoms with Crippen LogP contribution >= 0.6 is 0 Å². The number of aromatic nitrogens is 1. The third-order valence-electron chi connectivity index (χ3n) is 5.76. The molecule has 35 heavy (non-hydrogen) atoms. The molecule has 176 valence electrons. The molecule has 0 unspecified atom stereocenters. The summed E-state index contributed by atoms with van der Waals surface area (Å²) in [7, 11) is 0. The minimum Gasteiger partial charge on any atom is -0.459 e. The van der Waals surface area contributed by atoms with E-state index < -0.39 is 0 Å². The van der Waals surface area contributed by atoms with Gasteiger partial charge in [-0.25, -0.2) is 0 Å². The number of hydrogen-bond acceptors (Lipinski definition) is 8. The van der Waals surface area contributed by atoms with Crippen LogP contribution in [0.3, 0.4) is 0 Å². The Morgan fingerprint density at radius 1 is 0.971 bits per heavy atom. The smallest absolute Gasteiger partial charge is 0.291 e. The van der Waals surface area contributed by atoms with Crippen LogP contribution in [0.5, 0.6) is 0 Å². The molecule has 0 saturated carbocycles. The van der Waals surface area contributed by atoms with Crippen LogP contribution in [0, 0.1) is 17.2 Å². The van der Waals surface area contributed by atoms with Crippen molar-refractivity contribution >= 4 is 29.1 Å². The summed E-state index contributed by atoms with van der Waals surface area (Å²) in [5.41, 5.74) is 1.42. The van der Waals surface area contributed by atoms with Crippen LogP contribution in [-0.2, 0) is 4.79 Å². The highest BCUT2D eigenvalue weighted by atomic mass is 16.4. The normalized spacial score (nSPS) is 13.9. The largest absolute Gasteiger partial charge is 0.459 e. The van der Waals surface area contributed by atoms with E-state index in [1.54, 1.807) is 48.5 Å². The van der Waals surface area contributed by atoms with E-state index in [0.717, 1.165) is 0 Å². The van der Waals surface area contributed by atoms with Crippen molar-refractivity contribution in [2.75, 3.05) is 28.6 Å². The number of benzene rings is 1. The first kappa shape index (κ1) is 22.0. The Hall–Kier alpha value is -4.78. The van der Waals surface area contributed by atoms with Gasteiger partial charge >= 0.3 is 0 Å². The Morgan fingerprint density at radius 3 is 2.29 bits per heavy atom. The molecule has 1 saturated heterocycles. The number of carbonyl (C=O) groups excluding carboxylic acids is 2. The molecule has 0 aliphatic carbocycles. The van der Waals surface area contributed by atoms with Crippen LogP contribution in [0.15, 0.2) is 74.3 Å². The minimum absolute atomic E-state index is 0.0774. The third kappa shape index (κ3) is 4.79. The van der Waals surface area contributed by atoms with E-state index in [0.29, 0.717) is 49.0 Å². The molecule has 2 N–H and O–H groups in total. The molecular weight excluding hydrogens is 450 g/mol. The van der Waals surface area contributed by atoms with Gasteiger partial charge in [-0.15, -0.1) is 0 Å². The van der Waals surface area contributed by atoms with Crippen LogP contribution in [0.1, 0.15) is 29.1 Å². The fraction of sp³-hybridized carbons (Fsp3) is 0.200. The van der Waals surface area contributed by atoms with Gasteiger partial charge < -0.3 is 28.8 Å². The lowest BCUT2D eigenvalue weighted by atomic mass is 9.96. The maximum absolute atomic E-state index is 12.8. The van der Waals surface area contributed by atoms with E-state index in [4.69, 9.17) is 13.3 Å². The molecule has 3 aromatic heterocycles. The number of nitriles is 1. The highest BCUT2D eigenvalue weighted by molar-refractivity contribution is 6.02. The molecule has 0 bridgehead atoms. The molecule has 5 rings (SSSR count). The number of nitrogens with zero attached hydrogens (tertiary/aromatic N) is 3. The highest BCUT2D eigenvalue weighted by Gasteiger charge is 2.29. The fourth-order valence-corrected chi connectivity index (χ4v) is 3.93. The van der Waals surface area contributed by atoms with Crippen molar-refractivity contribution < 1.29 is 22.8 Å². The monoisotopic (exact) mass is 471 g/mol. The van der Waals surface area contributed by atoms with Crippen LogP contribution in [0.25, 0.3) is 11.7 Å². The highest BCUT2D eigenvalue weighted by Crippen LogP contribution is 2.31. The van der Waals surface area contributed by atoms with Crippen molar-refractivity contribution in [3.8, 4) is 17.7 Å². The second kappa shape index (κ2) is 9.61. The van der Waals surface area contributed by atoms with Crippen molar-refractivity contribution in [3.63, 3.8) is 0 Å². The first-order valence-electron chi connectivity index (χ1n) is 11.1. The molecule has 1 aromatic carbocycles. The Morgan fingerprint density at radius 2 is 1.66 bits per heavy atom. The van der Waals surface area contributed by atoms with E-state index in [9.17, 15) is 14.9 Å². The predicted molar refractivity (Wildman–Crippen MR) is 126 cm³/mol. The van der Waals surface area contributed by atoms with Gasteiger partial charge in [-0.05, 0) is 61.4 Å². The summed E-state index contributed by atoms with van der Waals surface area (Å²) in [5.74, 6) is 0.719. The van der Waals surface area contributed by atoms with Crippen LogP contribution < -0.4 is 15.5 Å². The maximum Gasteiger partial charge on any atom is 0.291 e. The minimum atomic E-state index is -0.346. The van der Waals surface area contributed by atoms with Crippen LogP contribution in [0.2, 0.25) is 0 Å². The summed E-state index contributed by atoms with van der Waals surface area (Å²) < 4.78 is 16.2. The van der Waals surface area contributed by atoms with Gasteiger partial charge in [-0.1, -0.05) is 0 Å². The zero-order valence-corrected chi connectivity index (χ0v) is 18.6. The van der Waals surface area contributed by atoms with Gasteiger partial charge in [0.15, 0.2) is 11.5 Å². The van der Waals surface area contributed by atoms with Crippen molar-refractivity contribution in [1.82, 2.24) is 4.98 Å². The molecule has 2 amide bonds. The number of carbonyl (C=O) groups is 2. The molecule has 0 atom stereocenters. The summed E-state index contributed by atoms with van der Waals surface area (Å²) in [6.07, 6.45) is 4.15. The summed E-state index contributed by atoms with van der Waals surface area (Å²) in [6.45, 7) is 1.11. The van der Waals surface area contributed by atoms with Gasteiger partial charge in [0.25, 0.3) is 11.8 Å². The Bertz CT molecular complexity index is 1340. The molecule has 0 radical (unpaired) electrons. The standard InChI is InChI=1S/C25H21N5O5/c26-15-19-25(35-24(29-19)21-4-2-14-34-21)30-11-9-16(10-12-30)22(31)27-17-5-7-18(8-6-17)28-23(32)20-3-1-13-33-20/h1-8,13-14,16H,9-12H2,(H,27,31)(H,28,32). The number of oxazole rings is 1. The van der Waals surface area contributed by atoms with E-state index in [-0.39, 0.29) is 35.1 Å². The summed E-state index contributed by atoms with van der Waals surface area (Å²) in [4.78, 5) is 31.0. The molecule has 0 spiro atoms. The van der Waals surface area contributed by atoms with Crippen molar-refractivity contribution in [2.24, 2.45) is 5.92 Å². The van der Waals surface area contributed by atoms with Gasteiger partial charge in [0.2, 0.25) is 17.5 Å². The molecule has 4 aromatic rings. The summed E-state index contributed by atoms with van der Waals surface area (Å²) in [6, 6.07) is 15.6. The lowest BCUT2D eigenvalue weighted by Gasteiger charge is -2.30. The molecule has 10 heteroatoms. The van der Waals surface area contributed by atoms with Crippen LogP contribution in [0.4, 0.5) is 17.3 Å². The lowest BCUT2D eigenvalue weighted by Crippen LogP contribution is -2.38. The second-order valence-corrected chi connectivity index (χ2v) is 8.02. The maximum atomic E-state index is 12.8. The third-order valence-corrected chi connectivity index (χ3v) is 5.76. The van der Waals surface area contributed by atoms with E-state index in [1.807, 2.05) is 4.90 Å². The molecular formula is C25H21N5O5. The summed E-state index contributed by atoms with van der Waals surface area (Å²) in [5, 5.41) is 15.1. The van der Waals surface area contributed by atoms with E-state index in [1.165, 1.54) is 12.5 Å². The fourth-order valence-electron chi connectivity index (χ4n) is 3.93. The lowest BCUT2D eigenvalue weighted by molar-refractivity contribution is -0.120.